The average molecular weight is 188 g/mol. The largest absolute Gasteiger partial charge is 0.295 e. The highest BCUT2D eigenvalue weighted by atomic mass is 16.1. The first kappa shape index (κ1) is 10.7. The van der Waals surface area contributed by atoms with Gasteiger partial charge in [-0.15, -0.1) is 0 Å². The summed E-state index contributed by atoms with van der Waals surface area (Å²) in [6.45, 7) is 7.58. The van der Waals surface area contributed by atoms with E-state index in [2.05, 4.69) is 18.2 Å². The lowest BCUT2D eigenvalue weighted by Gasteiger charge is -2.08. The lowest BCUT2D eigenvalue weighted by molar-refractivity contribution is -0.111. The van der Waals surface area contributed by atoms with Crippen LogP contribution >= 0.6 is 0 Å². The zero-order chi connectivity index (χ0) is 10.7. The smallest absolute Gasteiger partial charge is 0.160 e. The fraction of sp³-hybridized carbons (Fsp3) is 0.308. The SMILES string of the molecule is C/C=C(/C(C)=O)c1cc(C)ccc1C. The van der Waals surface area contributed by atoms with Gasteiger partial charge in [0.05, 0.1) is 0 Å². The molecule has 0 heterocycles. The Morgan fingerprint density at radius 3 is 2.43 bits per heavy atom. The number of carbonyl (C=O) groups excluding carboxylic acids is 1. The first-order valence-corrected chi connectivity index (χ1v) is 4.81. The maximum atomic E-state index is 11.4. The lowest BCUT2D eigenvalue weighted by atomic mass is 9.96. The molecule has 0 aliphatic carbocycles. The third-order valence-electron chi connectivity index (χ3n) is 2.35. The van der Waals surface area contributed by atoms with Gasteiger partial charge >= 0.3 is 0 Å². The molecule has 74 valence electrons. The van der Waals surface area contributed by atoms with Gasteiger partial charge < -0.3 is 0 Å². The quantitative estimate of drug-likeness (QED) is 0.651. The zero-order valence-corrected chi connectivity index (χ0v) is 9.22. The molecule has 0 saturated heterocycles. The Hall–Kier alpha value is -1.37. The van der Waals surface area contributed by atoms with Gasteiger partial charge in [0.2, 0.25) is 0 Å². The summed E-state index contributed by atoms with van der Waals surface area (Å²) in [5, 5.41) is 0. The topological polar surface area (TPSA) is 17.1 Å². The molecule has 0 unspecified atom stereocenters. The van der Waals surface area contributed by atoms with Crippen molar-refractivity contribution in [2.24, 2.45) is 0 Å². The molecule has 1 aromatic carbocycles. The maximum Gasteiger partial charge on any atom is 0.160 e. The maximum absolute atomic E-state index is 11.4. The summed E-state index contributed by atoms with van der Waals surface area (Å²) in [4.78, 5) is 11.4. The Morgan fingerprint density at radius 1 is 1.29 bits per heavy atom. The highest BCUT2D eigenvalue weighted by molar-refractivity contribution is 6.19. The number of hydrogen-bond donors (Lipinski definition) is 0. The van der Waals surface area contributed by atoms with Crippen LogP contribution in [0, 0.1) is 13.8 Å². The fourth-order valence-corrected chi connectivity index (χ4v) is 1.57. The van der Waals surface area contributed by atoms with Crippen molar-refractivity contribution in [3.05, 3.63) is 41.0 Å². The van der Waals surface area contributed by atoms with Gasteiger partial charge in [-0.25, -0.2) is 0 Å². The molecule has 0 aromatic heterocycles. The van der Waals surface area contributed by atoms with Gasteiger partial charge in [0.1, 0.15) is 0 Å². The number of hydrogen-bond acceptors (Lipinski definition) is 1. The summed E-state index contributed by atoms with van der Waals surface area (Å²) in [6, 6.07) is 6.18. The van der Waals surface area contributed by atoms with Gasteiger partial charge in [-0.05, 0) is 38.8 Å². The minimum Gasteiger partial charge on any atom is -0.295 e. The summed E-state index contributed by atoms with van der Waals surface area (Å²) in [5.74, 6) is 0.126. The number of benzene rings is 1. The second-order valence-electron chi connectivity index (χ2n) is 3.58. The molecule has 0 saturated carbocycles. The summed E-state index contributed by atoms with van der Waals surface area (Å²) in [7, 11) is 0. The van der Waals surface area contributed by atoms with Gasteiger partial charge in [-0.2, -0.15) is 0 Å². The molecule has 0 aliphatic rings. The van der Waals surface area contributed by atoms with E-state index in [1.54, 1.807) is 6.92 Å². The normalized spacial score (nSPS) is 11.6. The van der Waals surface area contributed by atoms with E-state index < -0.39 is 0 Å². The van der Waals surface area contributed by atoms with Crippen molar-refractivity contribution < 1.29 is 4.79 Å². The molecule has 14 heavy (non-hydrogen) atoms. The molecule has 0 aliphatic heterocycles. The Bertz CT molecular complexity index is 386. The highest BCUT2D eigenvalue weighted by Crippen LogP contribution is 2.20. The van der Waals surface area contributed by atoms with Gasteiger partial charge in [-0.1, -0.05) is 29.8 Å². The number of aryl methyl sites for hydroxylation is 2. The predicted octanol–water partition coefficient (Wildman–Crippen LogP) is 3.30. The minimum absolute atomic E-state index is 0.126. The minimum atomic E-state index is 0.126. The zero-order valence-electron chi connectivity index (χ0n) is 9.22. The van der Waals surface area contributed by atoms with Crippen molar-refractivity contribution in [1.29, 1.82) is 0 Å². The van der Waals surface area contributed by atoms with E-state index in [0.717, 1.165) is 16.7 Å². The van der Waals surface area contributed by atoms with Crippen LogP contribution in [0.1, 0.15) is 30.5 Å². The number of ketones is 1. The van der Waals surface area contributed by atoms with Crippen molar-refractivity contribution in [3.8, 4) is 0 Å². The Morgan fingerprint density at radius 2 is 1.93 bits per heavy atom. The van der Waals surface area contributed by atoms with Gasteiger partial charge in [0.15, 0.2) is 5.78 Å². The van der Waals surface area contributed by atoms with Crippen LogP contribution in [0.2, 0.25) is 0 Å². The molecule has 0 spiro atoms. The Kier molecular flexibility index (Phi) is 3.23. The van der Waals surface area contributed by atoms with Crippen molar-refractivity contribution in [3.63, 3.8) is 0 Å². The van der Waals surface area contributed by atoms with Crippen LogP contribution < -0.4 is 0 Å². The monoisotopic (exact) mass is 188 g/mol. The molecule has 0 radical (unpaired) electrons. The van der Waals surface area contributed by atoms with Crippen LogP contribution in [0.4, 0.5) is 0 Å². The molecule has 1 nitrogen and oxygen atoms in total. The van der Waals surface area contributed by atoms with Crippen molar-refractivity contribution in [1.82, 2.24) is 0 Å². The van der Waals surface area contributed by atoms with E-state index in [9.17, 15) is 4.79 Å². The van der Waals surface area contributed by atoms with Gasteiger partial charge in [-0.3, -0.25) is 4.79 Å². The van der Waals surface area contributed by atoms with E-state index in [4.69, 9.17) is 0 Å². The Labute approximate surface area is 85.5 Å². The van der Waals surface area contributed by atoms with E-state index in [1.165, 1.54) is 5.56 Å². The van der Waals surface area contributed by atoms with E-state index in [1.807, 2.05) is 26.8 Å². The number of Topliss-reactive ketones (excluding diaryl/α,β-unsaturated/α-hetero) is 1. The molecule has 0 atom stereocenters. The third-order valence-corrected chi connectivity index (χ3v) is 2.35. The molecule has 0 N–H and O–H groups in total. The molecule has 1 heteroatoms. The summed E-state index contributed by atoms with van der Waals surface area (Å²) < 4.78 is 0. The Balaban J connectivity index is 3.30. The van der Waals surface area contributed by atoms with Crippen molar-refractivity contribution in [2.75, 3.05) is 0 Å². The predicted molar refractivity (Wildman–Crippen MR) is 60.2 cm³/mol. The summed E-state index contributed by atoms with van der Waals surface area (Å²) in [5.41, 5.74) is 4.20. The van der Waals surface area contributed by atoms with Crippen LogP contribution in [-0.2, 0) is 4.79 Å². The number of carbonyl (C=O) groups is 1. The van der Waals surface area contributed by atoms with Crippen LogP contribution in [0.5, 0.6) is 0 Å². The molecule has 0 fully saturated rings. The fourth-order valence-electron chi connectivity index (χ4n) is 1.57. The second kappa shape index (κ2) is 4.23. The molecule has 0 amide bonds. The van der Waals surface area contributed by atoms with Gasteiger partial charge in [0.25, 0.3) is 0 Å². The van der Waals surface area contributed by atoms with Crippen molar-refractivity contribution >= 4 is 11.4 Å². The van der Waals surface area contributed by atoms with Crippen LogP contribution in [0.25, 0.3) is 5.57 Å². The second-order valence-corrected chi connectivity index (χ2v) is 3.58. The number of rotatable bonds is 2. The molecular weight excluding hydrogens is 172 g/mol. The van der Waals surface area contributed by atoms with Crippen LogP contribution in [0.15, 0.2) is 24.3 Å². The summed E-state index contributed by atoms with van der Waals surface area (Å²) >= 11 is 0. The van der Waals surface area contributed by atoms with E-state index >= 15 is 0 Å². The molecule has 0 bridgehead atoms. The van der Waals surface area contributed by atoms with Crippen LogP contribution in [0.3, 0.4) is 0 Å². The third kappa shape index (κ3) is 2.11. The average Bonchev–Trinajstić information content (AvgIpc) is 2.11. The van der Waals surface area contributed by atoms with Crippen LogP contribution in [-0.4, -0.2) is 5.78 Å². The standard InChI is InChI=1S/C13H16O/c1-5-12(11(4)14)13-8-9(2)6-7-10(13)3/h5-8H,1-4H3/b12-5-. The first-order valence-electron chi connectivity index (χ1n) is 4.81. The molecular formula is C13H16O. The van der Waals surface area contributed by atoms with Crippen molar-refractivity contribution in [2.45, 2.75) is 27.7 Å². The lowest BCUT2D eigenvalue weighted by Crippen LogP contribution is -1.98. The van der Waals surface area contributed by atoms with Gasteiger partial charge in [0, 0.05) is 5.57 Å². The first-order chi connectivity index (χ1) is 6.56. The van der Waals surface area contributed by atoms with E-state index in [0.29, 0.717) is 0 Å². The molecule has 1 aromatic rings. The van der Waals surface area contributed by atoms with E-state index in [-0.39, 0.29) is 5.78 Å². The summed E-state index contributed by atoms with van der Waals surface area (Å²) in [6.07, 6.45) is 1.88. The number of allylic oxidation sites excluding steroid dienone is 2. The molecule has 1 rings (SSSR count). The highest BCUT2D eigenvalue weighted by Gasteiger charge is 2.08.